The van der Waals surface area contributed by atoms with Gasteiger partial charge in [0.2, 0.25) is 0 Å². The molecule has 0 fully saturated rings. The van der Waals surface area contributed by atoms with Crippen molar-refractivity contribution in [2.45, 2.75) is 11.8 Å². The molecule has 0 spiro atoms. The van der Waals surface area contributed by atoms with Crippen molar-refractivity contribution in [1.82, 2.24) is 4.72 Å². The molecule has 6 nitrogen and oxygen atoms in total. The van der Waals surface area contributed by atoms with Gasteiger partial charge in [-0.2, -0.15) is 8.42 Å². The lowest BCUT2D eigenvalue weighted by Gasteiger charge is -1.94. The van der Waals surface area contributed by atoms with Crippen molar-refractivity contribution in [3.05, 3.63) is 30.3 Å². The molecule has 0 radical (unpaired) electrons. The first-order valence-corrected chi connectivity index (χ1v) is 9.26. The lowest BCUT2D eigenvalue weighted by atomic mass is 10.4. The number of benzene rings is 1. The van der Waals surface area contributed by atoms with Crippen LogP contribution in [0.3, 0.4) is 0 Å². The van der Waals surface area contributed by atoms with E-state index in [0.717, 1.165) is 10.8 Å². The Bertz CT molecular complexity index is 539. The minimum absolute atomic E-state index is 0.0741. The highest BCUT2D eigenvalue weighted by molar-refractivity contribution is 8.71. The predicted octanol–water partition coefficient (Wildman–Crippen LogP) is 1.14. The highest BCUT2D eigenvalue weighted by Crippen LogP contribution is 2.06. The van der Waals surface area contributed by atoms with Crippen molar-refractivity contribution in [1.29, 1.82) is 0 Å². The van der Waals surface area contributed by atoms with Crippen LogP contribution in [-0.4, -0.2) is 34.2 Å². The van der Waals surface area contributed by atoms with Crippen LogP contribution < -0.4 is 4.72 Å². The summed E-state index contributed by atoms with van der Waals surface area (Å²) in [5, 5.41) is 0. The lowest BCUT2D eigenvalue weighted by Crippen LogP contribution is -2.13. The third kappa shape index (κ3) is 7.67. The van der Waals surface area contributed by atoms with Crippen molar-refractivity contribution < 1.29 is 21.4 Å². The van der Waals surface area contributed by atoms with E-state index < -0.39 is 19.2 Å². The Kier molecular flexibility index (Phi) is 7.48. The van der Waals surface area contributed by atoms with Gasteiger partial charge in [0.05, 0.1) is 4.90 Å². The molecule has 0 amide bonds. The van der Waals surface area contributed by atoms with Gasteiger partial charge in [-0.05, 0) is 30.0 Å². The smallest absolute Gasteiger partial charge is 0.282 e. The van der Waals surface area contributed by atoms with Crippen LogP contribution in [0.1, 0.15) is 6.92 Å². The van der Waals surface area contributed by atoms with E-state index in [9.17, 15) is 16.8 Å². The van der Waals surface area contributed by atoms with E-state index in [-0.39, 0.29) is 4.90 Å². The van der Waals surface area contributed by atoms with Gasteiger partial charge in [0.25, 0.3) is 19.2 Å². The normalized spacial score (nSPS) is 11.5. The second kappa shape index (κ2) is 7.74. The zero-order valence-electron chi connectivity index (χ0n) is 9.90. The van der Waals surface area contributed by atoms with Crippen LogP contribution in [0.15, 0.2) is 35.2 Å². The molecule has 2 N–H and O–H groups in total. The molecule has 0 heterocycles. The standard InChI is InChI=1S/C6H6O3S.C3H9NO2S2/c7-10(8,9)6-4-2-1-3-5-6;1-3-7-8(5,6)4-2/h1-5H,(H,7,8,9);4H,3H2,1-2H3. The van der Waals surface area contributed by atoms with Crippen molar-refractivity contribution >= 4 is 30.0 Å². The monoisotopic (exact) mass is 313 g/mol. The molecule has 0 aliphatic rings. The summed E-state index contributed by atoms with van der Waals surface area (Å²) >= 11 is 0. The molecule has 1 aromatic carbocycles. The molecule has 0 aliphatic carbocycles. The largest absolute Gasteiger partial charge is 0.294 e. The van der Waals surface area contributed by atoms with Crippen LogP contribution in [-0.2, 0) is 19.2 Å². The van der Waals surface area contributed by atoms with E-state index in [1.807, 2.05) is 0 Å². The van der Waals surface area contributed by atoms with Crippen LogP contribution >= 0.6 is 10.8 Å². The summed E-state index contributed by atoms with van der Waals surface area (Å²) < 4.78 is 52.3. The van der Waals surface area contributed by atoms with E-state index in [4.69, 9.17) is 4.55 Å². The highest BCUT2D eigenvalue weighted by Gasteiger charge is 2.05. The molecular weight excluding hydrogens is 298 g/mol. The lowest BCUT2D eigenvalue weighted by molar-refractivity contribution is 0.483. The van der Waals surface area contributed by atoms with Crippen molar-refractivity contribution in [2.24, 2.45) is 0 Å². The summed E-state index contributed by atoms with van der Waals surface area (Å²) in [4.78, 5) is -0.0741. The average Bonchev–Trinajstić information content (AvgIpc) is 2.30. The van der Waals surface area contributed by atoms with Gasteiger partial charge in [0, 0.05) is 5.75 Å². The summed E-state index contributed by atoms with van der Waals surface area (Å²) in [5.41, 5.74) is 0. The predicted molar refractivity (Wildman–Crippen MR) is 72.4 cm³/mol. The first kappa shape index (κ1) is 17.4. The Balaban J connectivity index is 0.000000331. The average molecular weight is 313 g/mol. The molecule has 0 atom stereocenters. The fourth-order valence-electron chi connectivity index (χ4n) is 0.807. The van der Waals surface area contributed by atoms with E-state index in [0.29, 0.717) is 5.75 Å². The maximum Gasteiger partial charge on any atom is 0.294 e. The minimum Gasteiger partial charge on any atom is -0.282 e. The molecule has 9 heteroatoms. The molecule has 1 aromatic rings. The van der Waals surface area contributed by atoms with Crippen LogP contribution in [0, 0.1) is 0 Å². The zero-order valence-corrected chi connectivity index (χ0v) is 12.3. The third-order valence-electron chi connectivity index (χ3n) is 1.56. The van der Waals surface area contributed by atoms with Gasteiger partial charge in [0.15, 0.2) is 0 Å². The van der Waals surface area contributed by atoms with Crippen LogP contribution in [0.5, 0.6) is 0 Å². The van der Waals surface area contributed by atoms with E-state index >= 15 is 0 Å². The van der Waals surface area contributed by atoms with E-state index in [1.165, 1.54) is 19.2 Å². The van der Waals surface area contributed by atoms with E-state index in [2.05, 4.69) is 4.72 Å². The number of nitrogens with one attached hydrogen (secondary N) is 1. The Labute approximate surface area is 111 Å². The molecule has 0 aliphatic heterocycles. The quantitative estimate of drug-likeness (QED) is 0.638. The summed E-state index contributed by atoms with van der Waals surface area (Å²) in [5.74, 6) is 0.586. The van der Waals surface area contributed by atoms with Gasteiger partial charge in [0.1, 0.15) is 0 Å². The van der Waals surface area contributed by atoms with Gasteiger partial charge >= 0.3 is 0 Å². The fourth-order valence-corrected chi connectivity index (χ4v) is 3.02. The number of rotatable bonds is 4. The molecule has 0 saturated carbocycles. The molecule has 0 unspecified atom stereocenters. The van der Waals surface area contributed by atoms with Crippen LogP contribution in [0.4, 0.5) is 0 Å². The maximum absolute atomic E-state index is 10.5. The molecule has 104 valence electrons. The van der Waals surface area contributed by atoms with Crippen LogP contribution in [0.25, 0.3) is 0 Å². The summed E-state index contributed by atoms with van der Waals surface area (Å²) in [6.45, 7) is 1.79. The van der Waals surface area contributed by atoms with Gasteiger partial charge < -0.3 is 0 Å². The first-order valence-electron chi connectivity index (χ1n) is 4.83. The summed E-state index contributed by atoms with van der Waals surface area (Å²) in [7, 11) is -4.71. The van der Waals surface area contributed by atoms with Crippen molar-refractivity contribution in [2.75, 3.05) is 12.8 Å². The maximum atomic E-state index is 10.5. The fraction of sp³-hybridized carbons (Fsp3) is 0.333. The molecule has 0 aromatic heterocycles. The number of hydrogen-bond donors (Lipinski definition) is 2. The minimum atomic E-state index is -4.00. The van der Waals surface area contributed by atoms with Crippen LogP contribution in [0.2, 0.25) is 0 Å². The topological polar surface area (TPSA) is 101 Å². The summed E-state index contributed by atoms with van der Waals surface area (Å²) in [6, 6.07) is 7.42. The van der Waals surface area contributed by atoms with Gasteiger partial charge in [-0.25, -0.2) is 13.1 Å². The molecule has 0 bridgehead atoms. The van der Waals surface area contributed by atoms with Gasteiger partial charge in [-0.3, -0.25) is 4.55 Å². The van der Waals surface area contributed by atoms with Crippen molar-refractivity contribution in [3.63, 3.8) is 0 Å². The molecule has 1 rings (SSSR count). The Morgan fingerprint density at radius 2 is 1.67 bits per heavy atom. The number of hydrogen-bond acceptors (Lipinski definition) is 5. The first-order chi connectivity index (χ1) is 8.23. The molecular formula is C9H15NO5S3. The van der Waals surface area contributed by atoms with Gasteiger partial charge in [-0.15, -0.1) is 0 Å². The molecule has 0 saturated heterocycles. The second-order valence-corrected chi connectivity index (χ2v) is 8.43. The second-order valence-electron chi connectivity index (χ2n) is 2.85. The SMILES string of the molecule is CCSS(=O)(=O)NC.O=S(=O)(O)c1ccccc1. The highest BCUT2D eigenvalue weighted by atomic mass is 33.1. The van der Waals surface area contributed by atoms with E-state index in [1.54, 1.807) is 25.1 Å². The Morgan fingerprint density at radius 1 is 1.17 bits per heavy atom. The Hall–Kier alpha value is -0.610. The van der Waals surface area contributed by atoms with Gasteiger partial charge in [-0.1, -0.05) is 25.1 Å². The Morgan fingerprint density at radius 3 is 1.89 bits per heavy atom. The zero-order chi connectivity index (χ0) is 14.2. The molecule has 18 heavy (non-hydrogen) atoms. The summed E-state index contributed by atoms with van der Waals surface area (Å²) in [6.07, 6.45) is 0. The third-order valence-corrected chi connectivity index (χ3v) is 5.62. The van der Waals surface area contributed by atoms with Crippen molar-refractivity contribution in [3.8, 4) is 0 Å².